The molecule has 2 aliphatic heterocycles. The van der Waals surface area contributed by atoms with Gasteiger partial charge in [-0.1, -0.05) is 53.2 Å². The lowest BCUT2D eigenvalue weighted by atomic mass is 9.74. The van der Waals surface area contributed by atoms with Crippen LogP contribution in [0.4, 0.5) is 5.69 Å². The molecule has 2 aliphatic rings. The Bertz CT molecular complexity index is 1300. The van der Waals surface area contributed by atoms with Crippen LogP contribution in [0.5, 0.6) is 11.5 Å². The van der Waals surface area contributed by atoms with Gasteiger partial charge in [-0.15, -0.1) is 0 Å². The highest BCUT2D eigenvalue weighted by Gasteiger charge is 2.63. The molecule has 33 heavy (non-hydrogen) atoms. The number of ketones is 1. The van der Waals surface area contributed by atoms with Crippen molar-refractivity contribution in [2.24, 2.45) is 11.1 Å². The van der Waals surface area contributed by atoms with Crippen LogP contribution in [0.2, 0.25) is 0 Å². The molecule has 0 aromatic heterocycles. The summed E-state index contributed by atoms with van der Waals surface area (Å²) < 4.78 is 10.9. The summed E-state index contributed by atoms with van der Waals surface area (Å²) in [5.41, 5.74) is 1.86. The number of fused-ring (bicyclic) bond motifs is 2. The second-order valence-corrected chi connectivity index (χ2v) is 8.03. The van der Waals surface area contributed by atoms with E-state index in [9.17, 15) is 9.59 Å². The van der Waals surface area contributed by atoms with E-state index in [0.717, 1.165) is 5.56 Å². The predicted octanol–water partition coefficient (Wildman–Crippen LogP) is 4.09. The lowest BCUT2D eigenvalue weighted by Gasteiger charge is -2.27. The summed E-state index contributed by atoms with van der Waals surface area (Å²) in [5.74, 6) is -0.696. The molecule has 1 amide bonds. The molecule has 0 aliphatic carbocycles. The maximum Gasteiger partial charge on any atom is 0.277 e. The van der Waals surface area contributed by atoms with Crippen molar-refractivity contribution in [1.82, 2.24) is 0 Å². The predicted molar refractivity (Wildman–Crippen MR) is 123 cm³/mol. The number of oxime groups is 1. The Labute approximate surface area is 191 Å². The highest BCUT2D eigenvalue weighted by atomic mass is 16.7. The molecule has 0 fully saturated rings. The average molecular weight is 442 g/mol. The number of carbonyl (C=O) groups excluding carboxylic acids is 2. The number of ether oxygens (including phenoxy) is 2. The second-order valence-electron chi connectivity index (χ2n) is 8.03. The minimum Gasteiger partial charge on any atom is -0.497 e. The van der Waals surface area contributed by atoms with Crippen LogP contribution in [-0.4, -0.2) is 31.6 Å². The average Bonchev–Trinajstić information content (AvgIpc) is 3.37. The molecule has 5 rings (SSSR count). The van der Waals surface area contributed by atoms with Gasteiger partial charge >= 0.3 is 0 Å². The first kappa shape index (κ1) is 20.8. The summed E-state index contributed by atoms with van der Waals surface area (Å²) in [7, 11) is 3.08. The number of hydrogen-bond donors (Lipinski definition) is 1. The molecule has 1 spiro atoms. The molecular weight excluding hydrogens is 420 g/mol. The number of benzene rings is 3. The summed E-state index contributed by atoms with van der Waals surface area (Å²) in [6, 6.07) is 19.6. The Hall–Kier alpha value is -4.13. The third-order valence-corrected chi connectivity index (χ3v) is 6.16. The highest BCUT2D eigenvalue weighted by molar-refractivity contribution is 6.25. The zero-order valence-corrected chi connectivity index (χ0v) is 18.4. The highest BCUT2D eigenvalue weighted by Crippen LogP contribution is 2.50. The molecule has 0 radical (unpaired) electrons. The van der Waals surface area contributed by atoms with Gasteiger partial charge in [0.1, 0.15) is 23.1 Å². The van der Waals surface area contributed by atoms with Gasteiger partial charge in [0.2, 0.25) is 0 Å². The summed E-state index contributed by atoms with van der Waals surface area (Å²) in [6.07, 6.45) is 0. The number of aryl methyl sites for hydroxylation is 1. The van der Waals surface area contributed by atoms with Gasteiger partial charge < -0.3 is 19.6 Å². The number of nitrogens with one attached hydrogen (secondary N) is 1. The molecule has 166 valence electrons. The summed E-state index contributed by atoms with van der Waals surface area (Å²) >= 11 is 0. The van der Waals surface area contributed by atoms with Crippen molar-refractivity contribution in [2.45, 2.75) is 12.5 Å². The van der Waals surface area contributed by atoms with Crippen molar-refractivity contribution in [1.29, 1.82) is 0 Å². The number of methoxy groups -OCH3 is 2. The van der Waals surface area contributed by atoms with Crippen LogP contribution in [0, 0.1) is 12.8 Å². The number of nitrogens with zero attached hydrogens (tertiary/aromatic N) is 1. The lowest BCUT2D eigenvalue weighted by Crippen LogP contribution is -2.46. The largest absolute Gasteiger partial charge is 0.497 e. The quantitative estimate of drug-likeness (QED) is 0.602. The number of para-hydroxylation sites is 1. The van der Waals surface area contributed by atoms with Gasteiger partial charge in [-0.25, -0.2) is 0 Å². The van der Waals surface area contributed by atoms with Gasteiger partial charge in [-0.3, -0.25) is 9.59 Å². The smallest absolute Gasteiger partial charge is 0.277 e. The Morgan fingerprint density at radius 2 is 1.79 bits per heavy atom. The number of amides is 1. The molecule has 0 saturated heterocycles. The maximum absolute atomic E-state index is 14.0. The van der Waals surface area contributed by atoms with Gasteiger partial charge in [0.05, 0.1) is 14.2 Å². The van der Waals surface area contributed by atoms with E-state index in [1.54, 1.807) is 49.6 Å². The van der Waals surface area contributed by atoms with Gasteiger partial charge in [0, 0.05) is 22.4 Å². The molecule has 0 saturated carbocycles. The maximum atomic E-state index is 14.0. The minimum absolute atomic E-state index is 0.275. The Balaban J connectivity index is 1.72. The van der Waals surface area contributed by atoms with Crippen LogP contribution in [0.25, 0.3) is 0 Å². The molecular formula is C26H22N2O5. The molecule has 7 nitrogen and oxygen atoms in total. The Morgan fingerprint density at radius 1 is 1.03 bits per heavy atom. The molecule has 0 unspecified atom stereocenters. The van der Waals surface area contributed by atoms with E-state index in [-0.39, 0.29) is 5.78 Å². The summed E-state index contributed by atoms with van der Waals surface area (Å²) in [4.78, 5) is 33.3. The minimum atomic E-state index is -1.62. The van der Waals surface area contributed by atoms with Crippen molar-refractivity contribution in [3.8, 4) is 11.5 Å². The Morgan fingerprint density at radius 3 is 2.52 bits per heavy atom. The fourth-order valence-electron chi connectivity index (χ4n) is 4.46. The SMILES string of the molecule is COc1ccc(OC)c(C2=NO[C@]3(C(=O)Nc4ccccc43)[C@H]2C(=O)c2ccc(C)cc2)c1. The summed E-state index contributed by atoms with van der Waals surface area (Å²) in [6.45, 7) is 1.95. The molecule has 1 N–H and O–H groups in total. The normalized spacial score (nSPS) is 20.6. The standard InChI is InChI=1S/C26H22N2O5/c1-15-8-10-16(11-9-15)24(29)22-23(18-14-17(31-2)12-13-21(18)32-3)28-33-26(22)19-6-4-5-7-20(19)27-25(26)30/h4-14,22H,1-3H3,(H,27,30)/t22-,26+/m1/s1. The van der Waals surface area contributed by atoms with Crippen molar-refractivity contribution >= 4 is 23.1 Å². The third kappa shape index (κ3) is 3.08. The van der Waals surface area contributed by atoms with Gasteiger partial charge in [-0.05, 0) is 31.2 Å². The van der Waals surface area contributed by atoms with Crippen LogP contribution in [0.3, 0.4) is 0 Å². The fourth-order valence-corrected chi connectivity index (χ4v) is 4.46. The van der Waals surface area contributed by atoms with E-state index in [2.05, 4.69) is 10.5 Å². The van der Waals surface area contributed by atoms with E-state index in [4.69, 9.17) is 14.3 Å². The van der Waals surface area contributed by atoms with Crippen LogP contribution < -0.4 is 14.8 Å². The number of hydrogen-bond acceptors (Lipinski definition) is 6. The zero-order chi connectivity index (χ0) is 23.2. The van der Waals surface area contributed by atoms with Gasteiger partial charge in [-0.2, -0.15) is 0 Å². The van der Waals surface area contributed by atoms with E-state index in [1.807, 2.05) is 31.2 Å². The van der Waals surface area contributed by atoms with Gasteiger partial charge in [0.15, 0.2) is 5.78 Å². The van der Waals surface area contributed by atoms with E-state index in [0.29, 0.717) is 39.6 Å². The van der Waals surface area contributed by atoms with Crippen LogP contribution >= 0.6 is 0 Å². The van der Waals surface area contributed by atoms with Crippen molar-refractivity contribution in [3.63, 3.8) is 0 Å². The number of anilines is 1. The fraction of sp³-hybridized carbons (Fsp3) is 0.192. The van der Waals surface area contributed by atoms with Crippen molar-refractivity contribution in [3.05, 3.63) is 89.0 Å². The molecule has 0 bridgehead atoms. The number of Topliss-reactive ketones (excluding diaryl/α,β-unsaturated/α-hetero) is 1. The van der Waals surface area contributed by atoms with Crippen molar-refractivity contribution in [2.75, 3.05) is 19.5 Å². The van der Waals surface area contributed by atoms with E-state index < -0.39 is 17.4 Å². The first-order valence-electron chi connectivity index (χ1n) is 10.5. The monoisotopic (exact) mass is 442 g/mol. The molecule has 2 atom stereocenters. The van der Waals surface area contributed by atoms with E-state index >= 15 is 0 Å². The molecule has 3 aromatic carbocycles. The third-order valence-electron chi connectivity index (χ3n) is 6.16. The van der Waals surface area contributed by atoms with Crippen molar-refractivity contribution < 1.29 is 23.9 Å². The molecule has 7 heteroatoms. The second kappa shape index (κ2) is 7.78. The van der Waals surface area contributed by atoms with Crippen LogP contribution in [-0.2, 0) is 15.2 Å². The van der Waals surface area contributed by atoms with Crippen LogP contribution in [0.15, 0.2) is 71.9 Å². The first-order valence-corrected chi connectivity index (χ1v) is 10.5. The topological polar surface area (TPSA) is 86.2 Å². The molecule has 3 aromatic rings. The zero-order valence-electron chi connectivity index (χ0n) is 18.4. The van der Waals surface area contributed by atoms with Crippen LogP contribution in [0.1, 0.15) is 27.0 Å². The molecule has 2 heterocycles. The van der Waals surface area contributed by atoms with E-state index in [1.165, 1.54) is 7.11 Å². The summed E-state index contributed by atoms with van der Waals surface area (Å²) in [5, 5.41) is 7.17. The number of rotatable bonds is 5. The lowest BCUT2D eigenvalue weighted by molar-refractivity contribution is -0.140. The number of carbonyl (C=O) groups is 2. The first-order chi connectivity index (χ1) is 16.0. The Kier molecular flexibility index (Phi) is 4.89. The van der Waals surface area contributed by atoms with Gasteiger partial charge in [0.25, 0.3) is 11.5 Å².